The Hall–Kier alpha value is -5.44. The first kappa shape index (κ1) is 27.1. The van der Waals surface area contributed by atoms with Crippen LogP contribution in [-0.4, -0.2) is 33.5 Å². The summed E-state index contributed by atoms with van der Waals surface area (Å²) in [5.41, 5.74) is 4.43. The van der Waals surface area contributed by atoms with Crippen LogP contribution in [0.25, 0.3) is 22.6 Å². The van der Waals surface area contributed by atoms with Gasteiger partial charge in [-0.3, -0.25) is 24.1 Å². The van der Waals surface area contributed by atoms with Crippen LogP contribution in [0.2, 0.25) is 0 Å². The second-order valence-corrected chi connectivity index (χ2v) is 12.0. The molecule has 45 heavy (non-hydrogen) atoms. The van der Waals surface area contributed by atoms with Crippen LogP contribution in [0, 0.1) is 23.6 Å². The van der Waals surface area contributed by atoms with Crippen molar-refractivity contribution in [2.75, 3.05) is 4.90 Å². The molecule has 1 saturated heterocycles. The first-order chi connectivity index (χ1) is 21.7. The Balaban J connectivity index is 1.16. The minimum atomic E-state index is -0.854. The summed E-state index contributed by atoms with van der Waals surface area (Å²) >= 11 is 0. The van der Waals surface area contributed by atoms with Gasteiger partial charge in [-0.05, 0) is 85.9 Å². The van der Waals surface area contributed by atoms with E-state index in [1.165, 1.54) is 23.1 Å². The van der Waals surface area contributed by atoms with Gasteiger partial charge >= 0.3 is 0 Å². The molecule has 0 saturated carbocycles. The molecule has 222 valence electrons. The lowest BCUT2D eigenvalue weighted by molar-refractivity contribution is -0.123. The standard InChI is InChI=1S/C36H25FN2O6/c1-17-14-28(41)24-16-23-21(30(32(24)33(17)42)19-8-13-27(40)25(37)15-19)11-12-22-31(23)36(44)39(35(22)43)20-9-6-18(7-10-20)34-38-26-4-2-3-5-29(26)45-34/h2-11,13-15,22-23,30-31,40H,12,16H2,1H3/t22-,23+,30-,31-/m0/s1. The Morgan fingerprint density at radius 1 is 0.956 bits per heavy atom. The number of allylic oxidation sites excluding steroid dienone is 6. The van der Waals surface area contributed by atoms with Gasteiger partial charge in [0.1, 0.15) is 5.52 Å². The number of ketones is 2. The molecular formula is C36H25FN2O6. The molecule has 4 aliphatic rings. The average molecular weight is 601 g/mol. The van der Waals surface area contributed by atoms with Crippen LogP contribution in [0.1, 0.15) is 31.2 Å². The van der Waals surface area contributed by atoms with E-state index in [0.717, 1.165) is 11.6 Å². The maximum Gasteiger partial charge on any atom is 0.238 e. The Bertz CT molecular complexity index is 2070. The van der Waals surface area contributed by atoms with Gasteiger partial charge in [-0.2, -0.15) is 0 Å². The Morgan fingerprint density at radius 2 is 1.73 bits per heavy atom. The normalized spacial score (nSPS) is 24.4. The van der Waals surface area contributed by atoms with Gasteiger partial charge in [0.05, 0.1) is 17.5 Å². The van der Waals surface area contributed by atoms with Crippen molar-refractivity contribution in [1.82, 2.24) is 4.98 Å². The van der Waals surface area contributed by atoms with Crippen molar-refractivity contribution in [2.45, 2.75) is 25.7 Å². The fourth-order valence-electron chi connectivity index (χ4n) is 7.45. The van der Waals surface area contributed by atoms with Crippen LogP contribution in [-0.2, 0) is 19.2 Å². The van der Waals surface area contributed by atoms with E-state index in [9.17, 15) is 28.7 Å². The molecule has 1 N–H and O–H groups in total. The van der Waals surface area contributed by atoms with Gasteiger partial charge in [0.25, 0.3) is 0 Å². The van der Waals surface area contributed by atoms with E-state index >= 15 is 0 Å². The van der Waals surface area contributed by atoms with Gasteiger partial charge in [-0.15, -0.1) is 0 Å². The smallest absolute Gasteiger partial charge is 0.238 e. The summed E-state index contributed by atoms with van der Waals surface area (Å²) in [6.07, 6.45) is 3.56. The number of fused-ring (bicyclic) bond motifs is 4. The molecule has 0 radical (unpaired) electrons. The monoisotopic (exact) mass is 600 g/mol. The molecule has 9 heteroatoms. The van der Waals surface area contributed by atoms with Crippen molar-refractivity contribution in [3.8, 4) is 17.2 Å². The van der Waals surface area contributed by atoms with Gasteiger partial charge < -0.3 is 9.52 Å². The summed E-state index contributed by atoms with van der Waals surface area (Å²) in [4.78, 5) is 60.5. The van der Waals surface area contributed by atoms with E-state index in [-0.39, 0.29) is 52.9 Å². The van der Waals surface area contributed by atoms with Crippen LogP contribution < -0.4 is 4.90 Å². The minimum absolute atomic E-state index is 0.122. The molecule has 1 fully saturated rings. The van der Waals surface area contributed by atoms with Crippen molar-refractivity contribution < 1.29 is 33.1 Å². The number of hydrogen-bond donors (Lipinski definition) is 1. The summed E-state index contributed by atoms with van der Waals surface area (Å²) in [6.45, 7) is 1.57. The minimum Gasteiger partial charge on any atom is -0.505 e. The van der Waals surface area contributed by atoms with Crippen molar-refractivity contribution in [2.24, 2.45) is 17.8 Å². The number of carbonyl (C=O) groups excluding carboxylic acids is 4. The van der Waals surface area contributed by atoms with Crippen LogP contribution >= 0.6 is 0 Å². The molecule has 0 unspecified atom stereocenters. The molecule has 2 heterocycles. The Kier molecular flexibility index (Phi) is 5.90. The number of rotatable bonds is 3. The number of aromatic nitrogens is 1. The number of hydrogen-bond acceptors (Lipinski definition) is 7. The molecule has 3 aromatic carbocycles. The zero-order valence-electron chi connectivity index (χ0n) is 24.0. The molecule has 1 aliphatic heterocycles. The third-order valence-electron chi connectivity index (χ3n) is 9.54. The fraction of sp³-hybridized carbons (Fsp3) is 0.194. The lowest BCUT2D eigenvalue weighted by atomic mass is 9.59. The molecule has 4 atom stereocenters. The van der Waals surface area contributed by atoms with Gasteiger partial charge in [0.2, 0.25) is 17.7 Å². The van der Waals surface area contributed by atoms with Crippen LogP contribution in [0.15, 0.2) is 106 Å². The number of imide groups is 1. The number of nitrogens with zero attached hydrogens (tertiary/aromatic N) is 2. The first-order valence-corrected chi connectivity index (χ1v) is 14.7. The maximum absolute atomic E-state index is 14.6. The molecule has 8 rings (SSSR count). The number of phenolic OH excluding ortho intramolecular Hbond substituents is 1. The third kappa shape index (κ3) is 4.00. The van der Waals surface area contributed by atoms with E-state index in [2.05, 4.69) is 4.98 Å². The number of halogens is 1. The number of anilines is 1. The second kappa shape index (κ2) is 9.79. The second-order valence-electron chi connectivity index (χ2n) is 12.0. The summed E-state index contributed by atoms with van der Waals surface area (Å²) in [5.74, 6) is -5.05. The van der Waals surface area contributed by atoms with Crippen LogP contribution in [0.4, 0.5) is 10.1 Å². The molecule has 3 aliphatic carbocycles. The third-order valence-corrected chi connectivity index (χ3v) is 9.54. The highest BCUT2D eigenvalue weighted by Gasteiger charge is 2.56. The lowest BCUT2D eigenvalue weighted by Crippen LogP contribution is -2.39. The topological polar surface area (TPSA) is 118 Å². The molecule has 0 spiro atoms. The first-order valence-electron chi connectivity index (χ1n) is 14.7. The highest BCUT2D eigenvalue weighted by Crippen LogP contribution is 2.55. The Morgan fingerprint density at radius 3 is 2.49 bits per heavy atom. The highest BCUT2D eigenvalue weighted by molar-refractivity contribution is 6.25. The number of oxazole rings is 1. The zero-order valence-corrected chi connectivity index (χ0v) is 24.0. The largest absolute Gasteiger partial charge is 0.505 e. The molecule has 8 nitrogen and oxygen atoms in total. The van der Waals surface area contributed by atoms with Crippen molar-refractivity contribution in [1.29, 1.82) is 0 Å². The quantitative estimate of drug-likeness (QED) is 0.175. The fourth-order valence-corrected chi connectivity index (χ4v) is 7.45. The van der Waals surface area contributed by atoms with Gasteiger partial charge in [-0.25, -0.2) is 9.37 Å². The van der Waals surface area contributed by atoms with E-state index in [4.69, 9.17) is 4.42 Å². The SMILES string of the molecule is CC1=CC(=O)C2=C(C1=O)[C@@H](c1ccc(O)c(F)c1)C1=CC[C@@H]3C(=O)N(c4ccc(-c5nc6ccccc6o5)cc4)C(=O)[C@@H]3[C@@H]1C2. The summed E-state index contributed by atoms with van der Waals surface area (Å²) in [7, 11) is 0. The Labute approximate surface area is 256 Å². The van der Waals surface area contributed by atoms with Gasteiger partial charge in [-0.1, -0.05) is 29.8 Å². The predicted octanol–water partition coefficient (Wildman–Crippen LogP) is 5.97. The van der Waals surface area contributed by atoms with Gasteiger partial charge in [0.15, 0.2) is 28.7 Å². The van der Waals surface area contributed by atoms with E-state index in [0.29, 0.717) is 33.9 Å². The van der Waals surface area contributed by atoms with Gasteiger partial charge in [0, 0.05) is 28.2 Å². The predicted molar refractivity (Wildman–Crippen MR) is 161 cm³/mol. The van der Waals surface area contributed by atoms with Crippen molar-refractivity contribution in [3.05, 3.63) is 113 Å². The maximum atomic E-state index is 14.6. The number of amides is 2. The summed E-state index contributed by atoms with van der Waals surface area (Å²) in [5, 5.41) is 9.85. The number of aromatic hydroxyl groups is 1. The molecule has 1 aromatic heterocycles. The average Bonchev–Trinajstić information content (AvgIpc) is 3.59. The number of para-hydroxylation sites is 2. The van der Waals surface area contributed by atoms with Crippen molar-refractivity contribution in [3.63, 3.8) is 0 Å². The van der Waals surface area contributed by atoms with E-state index < -0.39 is 35.2 Å². The molecule has 0 bridgehead atoms. The summed E-state index contributed by atoms with van der Waals surface area (Å²) in [6, 6.07) is 18.2. The molecule has 4 aromatic rings. The van der Waals surface area contributed by atoms with Crippen LogP contribution in [0.5, 0.6) is 5.75 Å². The number of benzene rings is 3. The number of Topliss-reactive ketones (excluding diaryl/α,β-unsaturated/α-hetero) is 1. The molecular weight excluding hydrogens is 575 g/mol. The zero-order chi connectivity index (χ0) is 31.1. The van der Waals surface area contributed by atoms with E-state index in [1.54, 1.807) is 31.2 Å². The van der Waals surface area contributed by atoms with E-state index in [1.807, 2.05) is 30.3 Å². The lowest BCUT2D eigenvalue weighted by Gasteiger charge is -2.42. The molecule has 2 amide bonds. The highest BCUT2D eigenvalue weighted by atomic mass is 19.1. The number of carbonyl (C=O) groups is 4. The summed E-state index contributed by atoms with van der Waals surface area (Å²) < 4.78 is 20.5. The van der Waals surface area contributed by atoms with Crippen molar-refractivity contribution >= 4 is 40.2 Å². The van der Waals surface area contributed by atoms with Crippen LogP contribution in [0.3, 0.4) is 0 Å². The number of phenols is 1.